The Kier molecular flexibility index (Phi) is 10.7. The largest absolute Gasteiger partial charge is 0.481 e. The highest BCUT2D eigenvalue weighted by atomic mass is 127. The van der Waals surface area contributed by atoms with Gasteiger partial charge in [0, 0.05) is 11.5 Å². The Morgan fingerprint density at radius 1 is 0.861 bits per heavy atom. The van der Waals surface area contributed by atoms with Crippen LogP contribution in [0.3, 0.4) is 0 Å². The zero-order chi connectivity index (χ0) is 25.8. The second kappa shape index (κ2) is 14.0. The van der Waals surface area contributed by atoms with Crippen LogP contribution in [-0.2, 0) is 24.6 Å². The van der Waals surface area contributed by atoms with E-state index in [9.17, 15) is 4.79 Å². The smallest absolute Gasteiger partial charge is 0.351 e. The van der Waals surface area contributed by atoms with Crippen molar-refractivity contribution in [2.45, 2.75) is 11.7 Å². The first kappa shape index (κ1) is 27.6. The van der Waals surface area contributed by atoms with Crippen LogP contribution in [0.15, 0.2) is 66.7 Å². The van der Waals surface area contributed by atoms with E-state index in [1.165, 1.54) is 27.4 Å². The molecule has 0 fully saturated rings. The van der Waals surface area contributed by atoms with Crippen LogP contribution in [0.2, 0.25) is 0 Å². The molecule has 1 heterocycles. The van der Waals surface area contributed by atoms with E-state index in [1.807, 2.05) is 60.7 Å². The van der Waals surface area contributed by atoms with Crippen molar-refractivity contribution in [3.05, 3.63) is 77.9 Å². The first-order valence-electron chi connectivity index (χ1n) is 11.2. The van der Waals surface area contributed by atoms with Crippen molar-refractivity contribution in [2.24, 2.45) is 0 Å². The van der Waals surface area contributed by atoms with Gasteiger partial charge in [-0.05, 0) is 11.1 Å². The number of halogens is 1. The van der Waals surface area contributed by atoms with Crippen molar-refractivity contribution in [3.8, 4) is 17.8 Å². The van der Waals surface area contributed by atoms with Crippen molar-refractivity contribution in [1.29, 1.82) is 0 Å². The third kappa shape index (κ3) is 6.62. The van der Waals surface area contributed by atoms with E-state index in [1.54, 1.807) is 0 Å². The fourth-order valence-corrected chi connectivity index (χ4v) is 3.98. The van der Waals surface area contributed by atoms with Crippen LogP contribution in [0.1, 0.15) is 11.1 Å². The summed E-state index contributed by atoms with van der Waals surface area (Å²) in [6, 6.07) is 20.0. The Bertz CT molecular complexity index is 1020. The summed E-state index contributed by atoms with van der Waals surface area (Å²) in [5.74, 6) is -0.259. The lowest BCUT2D eigenvalue weighted by Crippen LogP contribution is -2.51. The first-order chi connectivity index (χ1) is 17.6. The number of nitrogens with zero attached hydrogens (tertiary/aromatic N) is 2. The molecule has 0 spiro atoms. The second-order valence-corrected chi connectivity index (χ2v) is 8.45. The third-order valence-corrected chi connectivity index (χ3v) is 5.74. The monoisotopic (exact) mass is 608 g/mol. The number of aromatic nitrogens is 2. The van der Waals surface area contributed by atoms with Crippen LogP contribution < -0.4 is 14.2 Å². The Morgan fingerprint density at radius 3 is 1.89 bits per heavy atom. The van der Waals surface area contributed by atoms with E-state index in [4.69, 9.17) is 28.4 Å². The quantitative estimate of drug-likeness (QED) is 0.117. The molecule has 0 saturated carbocycles. The lowest BCUT2D eigenvalue weighted by Gasteiger charge is -2.38. The molecular formula is C26H29IN2O7. The molecule has 192 valence electrons. The summed E-state index contributed by atoms with van der Waals surface area (Å²) < 4.78 is 34.7. The molecule has 0 radical (unpaired) electrons. The topological polar surface area (TPSA) is 98.2 Å². The van der Waals surface area contributed by atoms with Gasteiger partial charge in [0.2, 0.25) is 17.9 Å². The van der Waals surface area contributed by atoms with Crippen molar-refractivity contribution < 1.29 is 33.2 Å². The van der Waals surface area contributed by atoms with Gasteiger partial charge in [-0.3, -0.25) is 0 Å². The number of esters is 1. The molecule has 0 aliphatic heterocycles. The second-order valence-electron chi connectivity index (χ2n) is 7.37. The van der Waals surface area contributed by atoms with Crippen LogP contribution in [0.25, 0.3) is 0 Å². The number of ether oxygens (including phenoxy) is 6. The van der Waals surface area contributed by atoms with Gasteiger partial charge in [-0.2, -0.15) is 9.97 Å². The number of hydrogen-bond acceptors (Lipinski definition) is 9. The molecule has 10 heteroatoms. The number of hydrogen-bond donors (Lipinski definition) is 0. The molecule has 0 N–H and O–H groups in total. The van der Waals surface area contributed by atoms with Gasteiger partial charge in [0.05, 0.1) is 33.5 Å². The minimum atomic E-state index is -1.40. The average Bonchev–Trinajstić information content (AvgIpc) is 2.93. The van der Waals surface area contributed by atoms with Gasteiger partial charge < -0.3 is 28.4 Å². The van der Waals surface area contributed by atoms with E-state index in [2.05, 4.69) is 32.6 Å². The normalized spacial score (nSPS) is 12.0. The summed E-state index contributed by atoms with van der Waals surface area (Å²) in [6.07, 6.45) is -1.34. The van der Waals surface area contributed by atoms with E-state index in [0.717, 1.165) is 4.43 Å². The maximum absolute atomic E-state index is 13.6. The molecule has 1 unspecified atom stereocenters. The Balaban J connectivity index is 2.10. The molecule has 2 aromatic carbocycles. The summed E-state index contributed by atoms with van der Waals surface area (Å²) >= 11 is 2.21. The van der Waals surface area contributed by atoms with Gasteiger partial charge >= 0.3 is 12.0 Å². The van der Waals surface area contributed by atoms with E-state index < -0.39 is 17.7 Å². The first-order valence-corrected chi connectivity index (χ1v) is 12.7. The Labute approximate surface area is 224 Å². The van der Waals surface area contributed by atoms with Crippen LogP contribution >= 0.6 is 22.6 Å². The molecular weight excluding hydrogens is 579 g/mol. The average molecular weight is 608 g/mol. The molecule has 9 nitrogen and oxygen atoms in total. The minimum Gasteiger partial charge on any atom is -0.481 e. The van der Waals surface area contributed by atoms with Crippen LogP contribution in [0.4, 0.5) is 0 Å². The molecule has 0 amide bonds. The summed E-state index contributed by atoms with van der Waals surface area (Å²) in [7, 11) is 4.43. The maximum Gasteiger partial charge on any atom is 0.351 e. The van der Waals surface area contributed by atoms with Crippen molar-refractivity contribution in [1.82, 2.24) is 9.97 Å². The highest BCUT2D eigenvalue weighted by molar-refractivity contribution is 14.1. The van der Waals surface area contributed by atoms with Gasteiger partial charge in [0.1, 0.15) is 6.61 Å². The van der Waals surface area contributed by atoms with Gasteiger partial charge in [0.25, 0.3) is 0 Å². The number of methoxy groups -OCH3 is 3. The zero-order valence-electron chi connectivity index (χ0n) is 20.4. The molecule has 0 saturated heterocycles. The van der Waals surface area contributed by atoms with Crippen LogP contribution in [-0.4, -0.2) is 67.6 Å². The molecule has 0 bridgehead atoms. The molecule has 3 rings (SSSR count). The predicted molar refractivity (Wildman–Crippen MR) is 141 cm³/mol. The fourth-order valence-electron chi connectivity index (χ4n) is 3.67. The Hall–Kier alpha value is -2.96. The van der Waals surface area contributed by atoms with E-state index in [-0.39, 0.29) is 31.0 Å². The summed E-state index contributed by atoms with van der Waals surface area (Å²) in [5.41, 5.74) is -0.0455. The molecule has 3 aromatic rings. The molecule has 36 heavy (non-hydrogen) atoms. The number of carbonyl (C=O) groups is 1. The van der Waals surface area contributed by atoms with Gasteiger partial charge in [-0.15, -0.1) is 0 Å². The van der Waals surface area contributed by atoms with Crippen molar-refractivity contribution in [2.75, 3.05) is 45.6 Å². The van der Waals surface area contributed by atoms with Crippen LogP contribution in [0, 0.1) is 0 Å². The van der Waals surface area contributed by atoms with Crippen molar-refractivity contribution >= 4 is 28.6 Å². The number of carbonyl (C=O) groups excluding carboxylic acids is 1. The standard InChI is InChI=1S/C26H29IN2O7/c1-31-21-18-22(32-2)29-25(28-21)36-23(24(30)35-17-16-34-15-14-27)26(33-3,19-10-6-4-7-11-19)20-12-8-5-9-13-20/h4-13,18,23H,14-17H2,1-3H3. The number of benzene rings is 2. The predicted octanol–water partition coefficient (Wildman–Crippen LogP) is 3.83. The van der Waals surface area contributed by atoms with Crippen molar-refractivity contribution in [3.63, 3.8) is 0 Å². The zero-order valence-corrected chi connectivity index (χ0v) is 22.5. The maximum atomic E-state index is 13.6. The minimum absolute atomic E-state index is 0.0427. The van der Waals surface area contributed by atoms with Gasteiger partial charge in [-0.25, -0.2) is 4.79 Å². The Morgan fingerprint density at radius 2 is 1.42 bits per heavy atom. The fraction of sp³-hybridized carbons (Fsp3) is 0.346. The highest BCUT2D eigenvalue weighted by Crippen LogP contribution is 2.39. The summed E-state index contributed by atoms with van der Waals surface area (Å²) in [5, 5.41) is 0. The third-order valence-electron chi connectivity index (χ3n) is 5.30. The molecule has 1 atom stereocenters. The number of alkyl halides is 1. The molecule has 0 aliphatic carbocycles. The lowest BCUT2D eigenvalue weighted by atomic mass is 9.81. The SMILES string of the molecule is COc1cc(OC)nc(OC(C(=O)OCCOCCI)C(OC)(c2ccccc2)c2ccccc2)n1. The van der Waals surface area contributed by atoms with Gasteiger partial charge in [0.15, 0.2) is 5.60 Å². The summed E-state index contributed by atoms with van der Waals surface area (Å²) in [6.45, 7) is 0.855. The highest BCUT2D eigenvalue weighted by Gasteiger charge is 2.50. The molecule has 1 aromatic heterocycles. The lowest BCUT2D eigenvalue weighted by molar-refractivity contribution is -0.168. The van der Waals surface area contributed by atoms with Crippen LogP contribution in [0.5, 0.6) is 17.8 Å². The summed E-state index contributed by atoms with van der Waals surface area (Å²) in [4.78, 5) is 22.1. The number of rotatable bonds is 14. The van der Waals surface area contributed by atoms with Gasteiger partial charge in [-0.1, -0.05) is 83.3 Å². The molecule has 0 aliphatic rings. The van der Waals surface area contributed by atoms with E-state index in [0.29, 0.717) is 17.7 Å². The van der Waals surface area contributed by atoms with E-state index >= 15 is 0 Å².